The zero-order valence-electron chi connectivity index (χ0n) is 18.0. The van der Waals surface area contributed by atoms with Gasteiger partial charge in [-0.3, -0.25) is 19.7 Å². The number of nitrogens with one attached hydrogen (secondary N) is 3. The summed E-state index contributed by atoms with van der Waals surface area (Å²) >= 11 is 0. The molecule has 0 aromatic heterocycles. The first-order valence-electron chi connectivity index (χ1n) is 10.1. The number of methoxy groups -OCH3 is 2. The van der Waals surface area contributed by atoms with Crippen LogP contribution in [0, 0.1) is 5.92 Å². The van der Waals surface area contributed by atoms with Crippen molar-refractivity contribution < 1.29 is 33.4 Å². The molecular weight excluding hydrogens is 406 g/mol. The van der Waals surface area contributed by atoms with Gasteiger partial charge in [-0.05, 0) is 37.0 Å². The highest BCUT2D eigenvalue weighted by atomic mass is 16.5. The van der Waals surface area contributed by atoms with E-state index in [9.17, 15) is 19.2 Å². The van der Waals surface area contributed by atoms with E-state index in [1.165, 1.54) is 26.4 Å². The smallest absolute Gasteiger partial charge is 0.325 e. The second-order valence-corrected chi connectivity index (χ2v) is 7.30. The Morgan fingerprint density at radius 1 is 1.03 bits per heavy atom. The van der Waals surface area contributed by atoms with E-state index in [2.05, 4.69) is 22.9 Å². The van der Waals surface area contributed by atoms with Crippen LogP contribution < -0.4 is 25.4 Å². The third-order valence-electron chi connectivity index (χ3n) is 5.08. The van der Waals surface area contributed by atoms with E-state index in [1.807, 2.05) is 0 Å². The van der Waals surface area contributed by atoms with Gasteiger partial charge >= 0.3 is 12.0 Å². The Labute approximate surface area is 181 Å². The average Bonchev–Trinajstić information content (AvgIpc) is 2.77. The summed E-state index contributed by atoms with van der Waals surface area (Å²) < 4.78 is 15.0. The first-order valence-corrected chi connectivity index (χ1v) is 10.1. The highest BCUT2D eigenvalue weighted by Crippen LogP contribution is 2.27. The zero-order valence-corrected chi connectivity index (χ0v) is 18.0. The normalized spacial score (nSPS) is 17.8. The summed E-state index contributed by atoms with van der Waals surface area (Å²) in [4.78, 5) is 47.7. The van der Waals surface area contributed by atoms with Crippen LogP contribution in [0.3, 0.4) is 0 Å². The highest BCUT2D eigenvalue weighted by molar-refractivity contribution is 5.97. The quantitative estimate of drug-likeness (QED) is 0.526. The molecule has 4 amide bonds. The number of imide groups is 1. The van der Waals surface area contributed by atoms with Crippen molar-refractivity contribution >= 4 is 23.8 Å². The molecule has 1 aromatic carbocycles. The van der Waals surface area contributed by atoms with Crippen LogP contribution in [-0.4, -0.2) is 57.2 Å². The minimum atomic E-state index is -0.815. The molecule has 0 spiro atoms. The molecule has 31 heavy (non-hydrogen) atoms. The van der Waals surface area contributed by atoms with E-state index in [4.69, 9.17) is 14.2 Å². The molecule has 2 unspecified atom stereocenters. The molecule has 3 N–H and O–H groups in total. The minimum absolute atomic E-state index is 0.0240. The highest BCUT2D eigenvalue weighted by Gasteiger charge is 2.23. The molecule has 1 aliphatic rings. The number of benzene rings is 1. The van der Waals surface area contributed by atoms with Crippen LogP contribution >= 0.6 is 0 Å². The van der Waals surface area contributed by atoms with Crippen LogP contribution in [0.15, 0.2) is 18.2 Å². The Morgan fingerprint density at radius 2 is 1.74 bits per heavy atom. The Kier molecular flexibility index (Phi) is 9.11. The standard InChI is InChI=1S/C21H29N3O7/c1-13-6-4-5-7-15(13)23-21(28)24-18(25)12-31-19(26)11-22-20(27)14-8-9-16(29-2)17(10-14)30-3/h8-10,13,15H,4-7,11-12H2,1-3H3,(H,22,27)(H2,23,24,25,28). The maximum Gasteiger partial charge on any atom is 0.325 e. The lowest BCUT2D eigenvalue weighted by atomic mass is 9.86. The molecule has 1 fully saturated rings. The number of hydrogen-bond donors (Lipinski definition) is 3. The summed E-state index contributed by atoms with van der Waals surface area (Å²) in [6.07, 6.45) is 4.08. The first kappa shape index (κ1) is 24.0. The largest absolute Gasteiger partial charge is 0.493 e. The van der Waals surface area contributed by atoms with E-state index in [0.717, 1.165) is 25.7 Å². The summed E-state index contributed by atoms with van der Waals surface area (Å²) in [5, 5.41) is 7.30. The summed E-state index contributed by atoms with van der Waals surface area (Å²) in [5.41, 5.74) is 0.261. The van der Waals surface area contributed by atoms with Crippen LogP contribution in [0.5, 0.6) is 11.5 Å². The molecule has 0 radical (unpaired) electrons. The van der Waals surface area contributed by atoms with Crippen LogP contribution in [0.2, 0.25) is 0 Å². The Balaban J connectivity index is 1.70. The summed E-state index contributed by atoms with van der Waals surface area (Å²) in [5.74, 6) is -0.905. The van der Waals surface area contributed by atoms with Crippen LogP contribution in [-0.2, 0) is 14.3 Å². The van der Waals surface area contributed by atoms with E-state index in [0.29, 0.717) is 17.4 Å². The molecule has 0 heterocycles. The van der Waals surface area contributed by atoms with Crippen molar-refractivity contribution in [1.82, 2.24) is 16.0 Å². The van der Waals surface area contributed by atoms with Crippen molar-refractivity contribution in [2.75, 3.05) is 27.4 Å². The number of amides is 4. The monoisotopic (exact) mass is 435 g/mol. The van der Waals surface area contributed by atoms with Gasteiger partial charge in [-0.15, -0.1) is 0 Å². The fourth-order valence-corrected chi connectivity index (χ4v) is 3.33. The van der Waals surface area contributed by atoms with Gasteiger partial charge in [0.2, 0.25) is 0 Å². The van der Waals surface area contributed by atoms with Crippen molar-refractivity contribution in [2.24, 2.45) is 5.92 Å². The molecule has 1 aliphatic carbocycles. The Hall–Kier alpha value is -3.30. The fourth-order valence-electron chi connectivity index (χ4n) is 3.33. The summed E-state index contributed by atoms with van der Waals surface area (Å²) in [7, 11) is 2.92. The second-order valence-electron chi connectivity index (χ2n) is 7.30. The number of esters is 1. The van der Waals surface area contributed by atoms with Crippen molar-refractivity contribution in [3.05, 3.63) is 23.8 Å². The average molecular weight is 435 g/mol. The van der Waals surface area contributed by atoms with Crippen molar-refractivity contribution in [2.45, 2.75) is 38.6 Å². The maximum atomic E-state index is 12.2. The fraction of sp³-hybridized carbons (Fsp3) is 0.524. The molecule has 2 atom stereocenters. The molecule has 2 rings (SSSR count). The van der Waals surface area contributed by atoms with Gasteiger partial charge in [-0.1, -0.05) is 19.8 Å². The van der Waals surface area contributed by atoms with E-state index < -0.39 is 37.0 Å². The van der Waals surface area contributed by atoms with E-state index >= 15 is 0 Å². The number of carbonyl (C=O) groups excluding carboxylic acids is 4. The first-order chi connectivity index (χ1) is 14.8. The van der Waals surface area contributed by atoms with Crippen LogP contribution in [0.1, 0.15) is 43.0 Å². The van der Waals surface area contributed by atoms with Gasteiger partial charge in [0.25, 0.3) is 11.8 Å². The van der Waals surface area contributed by atoms with Gasteiger partial charge in [-0.25, -0.2) is 4.79 Å². The molecule has 0 saturated heterocycles. The predicted molar refractivity (Wildman–Crippen MR) is 111 cm³/mol. The number of ether oxygens (including phenoxy) is 3. The van der Waals surface area contributed by atoms with Gasteiger partial charge in [0.05, 0.1) is 14.2 Å². The Morgan fingerprint density at radius 3 is 2.42 bits per heavy atom. The topological polar surface area (TPSA) is 132 Å². The van der Waals surface area contributed by atoms with Gasteiger partial charge in [0.1, 0.15) is 6.54 Å². The summed E-state index contributed by atoms with van der Waals surface area (Å²) in [6.45, 7) is 0.995. The second kappa shape index (κ2) is 11.8. The Bertz CT molecular complexity index is 812. The SMILES string of the molecule is COc1ccc(C(=O)NCC(=O)OCC(=O)NC(=O)NC2CCCCC2C)cc1OC. The number of carbonyl (C=O) groups is 4. The van der Waals surface area contributed by atoms with Gasteiger partial charge < -0.3 is 24.8 Å². The van der Waals surface area contributed by atoms with Crippen LogP contribution in [0.25, 0.3) is 0 Å². The minimum Gasteiger partial charge on any atom is -0.493 e. The van der Waals surface area contributed by atoms with Crippen molar-refractivity contribution in [3.63, 3.8) is 0 Å². The third-order valence-corrected chi connectivity index (χ3v) is 5.08. The van der Waals surface area contributed by atoms with Crippen molar-refractivity contribution in [1.29, 1.82) is 0 Å². The van der Waals surface area contributed by atoms with Gasteiger partial charge in [0.15, 0.2) is 18.1 Å². The molecular formula is C21H29N3O7. The molecule has 0 bridgehead atoms. The predicted octanol–water partition coefficient (Wildman–Crippen LogP) is 1.38. The molecule has 1 aromatic rings. The molecule has 170 valence electrons. The lowest BCUT2D eigenvalue weighted by Crippen LogP contribution is -2.48. The molecule has 1 saturated carbocycles. The molecule has 10 heteroatoms. The van der Waals surface area contributed by atoms with Gasteiger partial charge in [-0.2, -0.15) is 0 Å². The lowest BCUT2D eigenvalue weighted by Gasteiger charge is -2.29. The number of rotatable bonds is 8. The third kappa shape index (κ3) is 7.47. The van der Waals surface area contributed by atoms with Crippen LogP contribution in [0.4, 0.5) is 4.79 Å². The summed E-state index contributed by atoms with van der Waals surface area (Å²) in [6, 6.07) is 3.97. The number of urea groups is 1. The maximum absolute atomic E-state index is 12.2. The molecule has 10 nitrogen and oxygen atoms in total. The zero-order chi connectivity index (χ0) is 22.8. The van der Waals surface area contributed by atoms with Gasteiger partial charge in [0, 0.05) is 11.6 Å². The van der Waals surface area contributed by atoms with Crippen molar-refractivity contribution in [3.8, 4) is 11.5 Å². The lowest BCUT2D eigenvalue weighted by molar-refractivity contribution is -0.147. The van der Waals surface area contributed by atoms with E-state index in [1.54, 1.807) is 6.07 Å². The molecule has 0 aliphatic heterocycles. The van der Waals surface area contributed by atoms with E-state index in [-0.39, 0.29) is 11.6 Å². The number of hydrogen-bond acceptors (Lipinski definition) is 7.